The molecule has 3 rings (SSSR count). The number of piperazine rings is 1. The van der Waals surface area contributed by atoms with Crippen molar-refractivity contribution in [3.63, 3.8) is 0 Å². The molecule has 1 atom stereocenters. The van der Waals surface area contributed by atoms with E-state index in [1.165, 1.54) is 76.7 Å². The molecule has 0 unspecified atom stereocenters. The summed E-state index contributed by atoms with van der Waals surface area (Å²) < 4.78 is 0. The molecule has 25 heavy (non-hydrogen) atoms. The van der Waals surface area contributed by atoms with Crippen LogP contribution in [0.25, 0.3) is 0 Å². The van der Waals surface area contributed by atoms with Gasteiger partial charge < -0.3 is 10.0 Å². The third kappa shape index (κ3) is 6.09. The minimum atomic E-state index is 0.323. The molecule has 2 aliphatic rings. The molecule has 3 heteroatoms. The van der Waals surface area contributed by atoms with Gasteiger partial charge in [0.15, 0.2) is 0 Å². The highest BCUT2D eigenvalue weighted by atomic mass is 16.3. The van der Waals surface area contributed by atoms with Gasteiger partial charge in [0.2, 0.25) is 0 Å². The van der Waals surface area contributed by atoms with Crippen molar-refractivity contribution in [2.24, 2.45) is 5.92 Å². The molecule has 0 bridgehead atoms. The highest BCUT2D eigenvalue weighted by molar-refractivity contribution is 5.14. The molecule has 1 N–H and O–H groups in total. The summed E-state index contributed by atoms with van der Waals surface area (Å²) in [5.41, 5.74) is 1.45. The Labute approximate surface area is 154 Å². The number of aliphatic hydroxyl groups is 1. The van der Waals surface area contributed by atoms with Crippen LogP contribution in [0.1, 0.15) is 50.5 Å². The minimum absolute atomic E-state index is 0.323. The molecule has 0 aromatic heterocycles. The molecule has 0 radical (unpaired) electrons. The van der Waals surface area contributed by atoms with Crippen molar-refractivity contribution in [3.8, 4) is 0 Å². The average Bonchev–Trinajstić information content (AvgIpc) is 2.66. The molecule has 1 aliphatic carbocycles. The molecule has 1 heterocycles. The van der Waals surface area contributed by atoms with Crippen LogP contribution in [0.4, 0.5) is 0 Å². The van der Waals surface area contributed by atoms with Crippen LogP contribution in [0.2, 0.25) is 0 Å². The largest absolute Gasteiger partial charge is 0.396 e. The van der Waals surface area contributed by atoms with Gasteiger partial charge in [-0.05, 0) is 50.1 Å². The summed E-state index contributed by atoms with van der Waals surface area (Å²) in [6.45, 7) is 6.30. The Morgan fingerprint density at radius 2 is 1.80 bits per heavy atom. The normalized spacial score (nSPS) is 23.8. The first-order chi connectivity index (χ1) is 12.3. The molecular weight excluding hydrogens is 308 g/mol. The molecule has 0 spiro atoms. The van der Waals surface area contributed by atoms with Crippen LogP contribution in [0.3, 0.4) is 0 Å². The summed E-state index contributed by atoms with van der Waals surface area (Å²) in [6, 6.07) is 11.4. The van der Waals surface area contributed by atoms with Crippen molar-refractivity contribution >= 4 is 0 Å². The van der Waals surface area contributed by atoms with Gasteiger partial charge >= 0.3 is 0 Å². The number of hydrogen-bond donors (Lipinski definition) is 1. The summed E-state index contributed by atoms with van der Waals surface area (Å²) in [4.78, 5) is 5.32. The first kappa shape index (κ1) is 18.9. The summed E-state index contributed by atoms with van der Waals surface area (Å²) in [5, 5.41) is 9.51. The van der Waals surface area contributed by atoms with Crippen molar-refractivity contribution in [3.05, 3.63) is 35.9 Å². The quantitative estimate of drug-likeness (QED) is 0.781. The van der Waals surface area contributed by atoms with Crippen LogP contribution in [0, 0.1) is 5.92 Å². The van der Waals surface area contributed by atoms with E-state index in [2.05, 4.69) is 40.1 Å². The van der Waals surface area contributed by atoms with E-state index in [-0.39, 0.29) is 0 Å². The number of aryl methyl sites for hydroxylation is 1. The maximum absolute atomic E-state index is 9.51. The van der Waals surface area contributed by atoms with Crippen LogP contribution in [-0.4, -0.2) is 60.3 Å². The van der Waals surface area contributed by atoms with Crippen LogP contribution >= 0.6 is 0 Å². The maximum atomic E-state index is 9.51. The van der Waals surface area contributed by atoms with Gasteiger partial charge in [-0.1, -0.05) is 49.6 Å². The Hall–Kier alpha value is -0.900. The smallest absolute Gasteiger partial charge is 0.0446 e. The minimum Gasteiger partial charge on any atom is -0.396 e. The summed E-state index contributed by atoms with van der Waals surface area (Å²) in [7, 11) is 0. The molecule has 0 amide bonds. The first-order valence-corrected chi connectivity index (χ1v) is 10.5. The lowest BCUT2D eigenvalue weighted by Crippen LogP contribution is -2.54. The molecule has 1 aliphatic heterocycles. The zero-order valence-corrected chi connectivity index (χ0v) is 15.8. The topological polar surface area (TPSA) is 26.7 Å². The van der Waals surface area contributed by atoms with E-state index in [1.54, 1.807) is 0 Å². The van der Waals surface area contributed by atoms with Crippen molar-refractivity contribution < 1.29 is 5.11 Å². The lowest BCUT2D eigenvalue weighted by atomic mass is 9.88. The van der Waals surface area contributed by atoms with Crippen LogP contribution in [0.15, 0.2) is 30.3 Å². The van der Waals surface area contributed by atoms with Gasteiger partial charge in [-0.15, -0.1) is 0 Å². The third-order valence-electron chi connectivity index (χ3n) is 6.15. The molecule has 1 saturated carbocycles. The van der Waals surface area contributed by atoms with Crippen molar-refractivity contribution in [1.82, 2.24) is 9.80 Å². The van der Waals surface area contributed by atoms with Crippen molar-refractivity contribution in [2.75, 3.05) is 39.3 Å². The zero-order chi connectivity index (χ0) is 17.3. The van der Waals surface area contributed by atoms with Crippen LogP contribution in [0.5, 0.6) is 0 Å². The second-order valence-corrected chi connectivity index (χ2v) is 8.05. The Balaban J connectivity index is 1.43. The summed E-state index contributed by atoms with van der Waals surface area (Å²) >= 11 is 0. The average molecular weight is 345 g/mol. The zero-order valence-electron chi connectivity index (χ0n) is 15.8. The van der Waals surface area contributed by atoms with E-state index >= 15 is 0 Å². The molecule has 1 saturated heterocycles. The fourth-order valence-corrected chi connectivity index (χ4v) is 4.68. The molecule has 2 fully saturated rings. The van der Waals surface area contributed by atoms with Gasteiger partial charge in [-0.2, -0.15) is 0 Å². The monoisotopic (exact) mass is 344 g/mol. The number of aliphatic hydroxyl groups excluding tert-OH is 1. The fourth-order valence-electron chi connectivity index (χ4n) is 4.68. The van der Waals surface area contributed by atoms with Gasteiger partial charge in [-0.25, -0.2) is 0 Å². The van der Waals surface area contributed by atoms with E-state index in [4.69, 9.17) is 0 Å². The first-order valence-electron chi connectivity index (χ1n) is 10.5. The van der Waals surface area contributed by atoms with E-state index in [0.717, 1.165) is 18.9 Å². The van der Waals surface area contributed by atoms with Gasteiger partial charge in [0.05, 0.1) is 0 Å². The van der Waals surface area contributed by atoms with E-state index in [1.807, 2.05) is 0 Å². The van der Waals surface area contributed by atoms with Gasteiger partial charge in [0, 0.05) is 38.8 Å². The van der Waals surface area contributed by atoms with Crippen LogP contribution in [-0.2, 0) is 6.42 Å². The predicted octanol–water partition coefficient (Wildman–Crippen LogP) is 3.57. The summed E-state index contributed by atoms with van der Waals surface area (Å²) in [6.07, 6.45) is 10.5. The molecule has 3 nitrogen and oxygen atoms in total. The number of benzene rings is 1. The van der Waals surface area contributed by atoms with E-state index in [9.17, 15) is 5.11 Å². The molecule has 140 valence electrons. The van der Waals surface area contributed by atoms with E-state index in [0.29, 0.717) is 12.6 Å². The predicted molar refractivity (Wildman–Crippen MR) is 105 cm³/mol. The standard InChI is InChI=1S/C22H36N2O/c25-17-13-22-19-23(14-7-12-20-8-3-1-4-9-20)15-16-24(22)18-21-10-5-2-6-11-21/h1,3-4,8-9,21-22,25H,2,5-7,10-19H2/t22-/m1/s1. The fraction of sp³-hybridized carbons (Fsp3) is 0.727. The Morgan fingerprint density at radius 1 is 1.00 bits per heavy atom. The third-order valence-corrected chi connectivity index (χ3v) is 6.15. The summed E-state index contributed by atoms with van der Waals surface area (Å²) in [5.74, 6) is 0.902. The SMILES string of the molecule is OCC[C@@H]1CN(CCCc2ccccc2)CCN1CC1CCCCC1. The van der Waals surface area contributed by atoms with Crippen molar-refractivity contribution in [1.29, 1.82) is 0 Å². The van der Waals surface area contributed by atoms with Gasteiger partial charge in [-0.3, -0.25) is 4.90 Å². The maximum Gasteiger partial charge on any atom is 0.0446 e. The molecular formula is C22H36N2O. The number of nitrogens with zero attached hydrogens (tertiary/aromatic N) is 2. The Morgan fingerprint density at radius 3 is 2.56 bits per heavy atom. The van der Waals surface area contributed by atoms with Crippen LogP contribution < -0.4 is 0 Å². The lowest BCUT2D eigenvalue weighted by molar-refractivity contribution is 0.0430. The molecule has 1 aromatic rings. The Kier molecular flexibility index (Phi) is 7.78. The molecule has 1 aromatic carbocycles. The number of rotatable bonds is 8. The van der Waals surface area contributed by atoms with Gasteiger partial charge in [0.25, 0.3) is 0 Å². The second kappa shape index (κ2) is 10.3. The van der Waals surface area contributed by atoms with E-state index < -0.39 is 0 Å². The van der Waals surface area contributed by atoms with Crippen molar-refractivity contribution in [2.45, 2.75) is 57.4 Å². The Bertz CT molecular complexity index is 472. The highest BCUT2D eigenvalue weighted by Gasteiger charge is 2.28. The lowest BCUT2D eigenvalue weighted by Gasteiger charge is -2.43. The second-order valence-electron chi connectivity index (χ2n) is 8.05. The van der Waals surface area contributed by atoms with Gasteiger partial charge in [0.1, 0.15) is 0 Å². The highest BCUT2D eigenvalue weighted by Crippen LogP contribution is 2.26. The number of hydrogen-bond acceptors (Lipinski definition) is 3.